The number of carboxylic acid groups (broad SMARTS) is 1. The topological polar surface area (TPSA) is 40.5 Å². The number of carbonyl (C=O) groups is 1. The maximum atomic E-state index is 10.8. The largest absolute Gasteiger partial charge is 0.481 e. The number of nitrogens with zero attached hydrogens (tertiary/aromatic N) is 1. The number of allylic oxidation sites excluding steroid dienone is 1. The number of hydrogen-bond donors (Lipinski definition) is 1. The molecule has 3 nitrogen and oxygen atoms in total. The van der Waals surface area contributed by atoms with Crippen molar-refractivity contribution in [2.24, 2.45) is 5.92 Å². The van der Waals surface area contributed by atoms with Crippen molar-refractivity contribution in [3.8, 4) is 0 Å². The van der Waals surface area contributed by atoms with Gasteiger partial charge in [-0.2, -0.15) is 0 Å². The quantitative estimate of drug-likeness (QED) is 0.904. The summed E-state index contributed by atoms with van der Waals surface area (Å²) in [6.07, 6.45) is 2.22. The molecule has 1 aromatic carbocycles. The predicted molar refractivity (Wildman–Crippen MR) is 74.9 cm³/mol. The van der Waals surface area contributed by atoms with Gasteiger partial charge in [-0.25, -0.2) is 0 Å². The fourth-order valence-electron chi connectivity index (χ4n) is 3.09. The van der Waals surface area contributed by atoms with Gasteiger partial charge in [0.25, 0.3) is 0 Å². The summed E-state index contributed by atoms with van der Waals surface area (Å²) in [6.45, 7) is 4.53. The smallest absolute Gasteiger partial charge is 0.309 e. The fraction of sp³-hybridized carbons (Fsp3) is 0.438. The number of carboxylic acids is 1. The standard InChI is InChI=1S/C16H19NO2/c1-11-13(8-17-9-14(10-17)16(18)19)7-6-12-4-2-3-5-15(11)12/h2-5,14H,6-10H2,1H3,(H,18,19). The van der Waals surface area contributed by atoms with Crippen LogP contribution in [0.3, 0.4) is 0 Å². The van der Waals surface area contributed by atoms with Crippen LogP contribution in [0.1, 0.15) is 24.5 Å². The predicted octanol–water partition coefficient (Wildman–Crippen LogP) is 2.42. The number of aryl methyl sites for hydroxylation is 1. The Morgan fingerprint density at radius 2 is 2.05 bits per heavy atom. The van der Waals surface area contributed by atoms with Gasteiger partial charge in [-0.15, -0.1) is 0 Å². The van der Waals surface area contributed by atoms with Gasteiger partial charge in [0.1, 0.15) is 0 Å². The number of benzene rings is 1. The highest BCUT2D eigenvalue weighted by molar-refractivity contribution is 5.73. The first kappa shape index (κ1) is 12.4. The number of aliphatic carboxylic acids is 1. The second kappa shape index (κ2) is 4.82. The van der Waals surface area contributed by atoms with Crippen LogP contribution in [-0.2, 0) is 11.2 Å². The molecule has 0 atom stereocenters. The minimum Gasteiger partial charge on any atom is -0.481 e. The Labute approximate surface area is 113 Å². The first-order valence-electron chi connectivity index (χ1n) is 6.87. The molecule has 1 aliphatic carbocycles. The van der Waals surface area contributed by atoms with Gasteiger partial charge in [0.15, 0.2) is 0 Å². The number of hydrogen-bond acceptors (Lipinski definition) is 2. The molecule has 1 N–H and O–H groups in total. The second-order valence-corrected chi connectivity index (χ2v) is 5.61. The lowest BCUT2D eigenvalue weighted by Crippen LogP contribution is -2.50. The highest BCUT2D eigenvalue weighted by Crippen LogP contribution is 2.32. The maximum absolute atomic E-state index is 10.8. The zero-order chi connectivity index (χ0) is 13.4. The zero-order valence-corrected chi connectivity index (χ0v) is 11.2. The highest BCUT2D eigenvalue weighted by atomic mass is 16.4. The molecular weight excluding hydrogens is 238 g/mol. The molecule has 0 aromatic heterocycles. The molecule has 19 heavy (non-hydrogen) atoms. The molecule has 3 heteroatoms. The van der Waals surface area contributed by atoms with Crippen molar-refractivity contribution in [2.45, 2.75) is 19.8 Å². The Morgan fingerprint density at radius 1 is 1.32 bits per heavy atom. The molecule has 0 radical (unpaired) electrons. The van der Waals surface area contributed by atoms with Crippen LogP contribution in [0.15, 0.2) is 29.8 Å². The Kier molecular flexibility index (Phi) is 3.15. The molecule has 0 bridgehead atoms. The summed E-state index contributed by atoms with van der Waals surface area (Å²) in [7, 11) is 0. The number of fused-ring (bicyclic) bond motifs is 1. The third-order valence-electron chi connectivity index (χ3n) is 4.37. The number of likely N-dealkylation sites (tertiary alicyclic amines) is 1. The average molecular weight is 257 g/mol. The summed E-state index contributed by atoms with van der Waals surface area (Å²) in [5.74, 6) is -0.812. The molecule has 0 saturated carbocycles. The minimum absolute atomic E-state index is 0.156. The van der Waals surface area contributed by atoms with Crippen LogP contribution in [0.2, 0.25) is 0 Å². The van der Waals surface area contributed by atoms with E-state index in [-0.39, 0.29) is 5.92 Å². The van der Waals surface area contributed by atoms with Gasteiger partial charge in [0.05, 0.1) is 5.92 Å². The second-order valence-electron chi connectivity index (χ2n) is 5.61. The van der Waals surface area contributed by atoms with Crippen LogP contribution in [0.25, 0.3) is 5.57 Å². The molecule has 3 rings (SSSR count). The SMILES string of the molecule is CC1=C(CN2CC(C(=O)O)C2)CCc2ccccc21. The minimum atomic E-state index is -0.657. The molecule has 1 fully saturated rings. The Balaban J connectivity index is 1.71. The highest BCUT2D eigenvalue weighted by Gasteiger charge is 2.33. The van der Waals surface area contributed by atoms with E-state index in [1.165, 1.54) is 22.3 Å². The molecule has 0 amide bonds. The van der Waals surface area contributed by atoms with E-state index in [4.69, 9.17) is 5.11 Å². The summed E-state index contributed by atoms with van der Waals surface area (Å²) < 4.78 is 0. The van der Waals surface area contributed by atoms with Crippen molar-refractivity contribution < 1.29 is 9.90 Å². The monoisotopic (exact) mass is 257 g/mol. The van der Waals surface area contributed by atoms with E-state index in [1.54, 1.807) is 0 Å². The van der Waals surface area contributed by atoms with E-state index in [0.29, 0.717) is 13.1 Å². The average Bonchev–Trinajstić information content (AvgIpc) is 2.35. The van der Waals surface area contributed by atoms with Gasteiger partial charge >= 0.3 is 5.97 Å². The molecule has 0 unspecified atom stereocenters. The molecular formula is C16H19NO2. The molecule has 1 aromatic rings. The molecule has 100 valence electrons. The van der Waals surface area contributed by atoms with Crippen LogP contribution in [0.4, 0.5) is 0 Å². The normalized spacial score (nSPS) is 20.1. The summed E-state index contributed by atoms with van der Waals surface area (Å²) in [5, 5.41) is 8.90. The van der Waals surface area contributed by atoms with E-state index in [2.05, 4.69) is 36.1 Å². The first-order chi connectivity index (χ1) is 9.15. The van der Waals surface area contributed by atoms with Crippen molar-refractivity contribution in [3.05, 3.63) is 41.0 Å². The van der Waals surface area contributed by atoms with Gasteiger partial charge in [-0.3, -0.25) is 9.69 Å². The maximum Gasteiger partial charge on any atom is 0.309 e. The summed E-state index contributed by atoms with van der Waals surface area (Å²) in [4.78, 5) is 13.1. The molecule has 2 aliphatic rings. The van der Waals surface area contributed by atoms with Crippen LogP contribution >= 0.6 is 0 Å². The van der Waals surface area contributed by atoms with Crippen LogP contribution in [0.5, 0.6) is 0 Å². The van der Waals surface area contributed by atoms with E-state index >= 15 is 0 Å². The molecule has 1 aliphatic heterocycles. The van der Waals surface area contributed by atoms with Crippen molar-refractivity contribution in [3.63, 3.8) is 0 Å². The summed E-state index contributed by atoms with van der Waals surface area (Å²) in [6, 6.07) is 8.60. The molecule has 0 spiro atoms. The van der Waals surface area contributed by atoms with Gasteiger partial charge in [0, 0.05) is 19.6 Å². The third kappa shape index (κ3) is 2.30. The fourth-order valence-corrected chi connectivity index (χ4v) is 3.09. The summed E-state index contributed by atoms with van der Waals surface area (Å²) >= 11 is 0. The van der Waals surface area contributed by atoms with Crippen molar-refractivity contribution in [2.75, 3.05) is 19.6 Å². The van der Waals surface area contributed by atoms with Gasteiger partial charge in [-0.05, 0) is 36.5 Å². The number of rotatable bonds is 3. The summed E-state index contributed by atoms with van der Waals surface area (Å²) in [5.41, 5.74) is 5.68. The van der Waals surface area contributed by atoms with Crippen molar-refractivity contribution >= 4 is 11.5 Å². The lowest BCUT2D eigenvalue weighted by Gasteiger charge is -2.38. The van der Waals surface area contributed by atoms with E-state index in [0.717, 1.165) is 19.4 Å². The van der Waals surface area contributed by atoms with Crippen LogP contribution in [-0.4, -0.2) is 35.6 Å². The van der Waals surface area contributed by atoms with Gasteiger partial charge in [-0.1, -0.05) is 29.8 Å². The van der Waals surface area contributed by atoms with E-state index in [9.17, 15) is 4.79 Å². The lowest BCUT2D eigenvalue weighted by molar-refractivity contribution is -0.147. The Morgan fingerprint density at radius 3 is 2.79 bits per heavy atom. The molecule has 1 saturated heterocycles. The van der Waals surface area contributed by atoms with E-state index < -0.39 is 5.97 Å². The van der Waals surface area contributed by atoms with Gasteiger partial charge < -0.3 is 5.11 Å². The van der Waals surface area contributed by atoms with Gasteiger partial charge in [0.2, 0.25) is 0 Å². The first-order valence-corrected chi connectivity index (χ1v) is 6.87. The van der Waals surface area contributed by atoms with Crippen LogP contribution in [0, 0.1) is 5.92 Å². The lowest BCUT2D eigenvalue weighted by atomic mass is 9.85. The van der Waals surface area contributed by atoms with Crippen molar-refractivity contribution in [1.82, 2.24) is 4.90 Å². The molecule has 1 heterocycles. The van der Waals surface area contributed by atoms with E-state index in [1.807, 2.05) is 0 Å². The van der Waals surface area contributed by atoms with Crippen molar-refractivity contribution in [1.29, 1.82) is 0 Å². The Bertz CT molecular complexity index is 541. The Hall–Kier alpha value is -1.61. The van der Waals surface area contributed by atoms with Crippen LogP contribution < -0.4 is 0 Å². The third-order valence-corrected chi connectivity index (χ3v) is 4.37. The zero-order valence-electron chi connectivity index (χ0n) is 11.2.